The summed E-state index contributed by atoms with van der Waals surface area (Å²) in [6.45, 7) is 4.87. The number of carbonyl (C=O) groups excluding carboxylic acids is 2. The Morgan fingerprint density at radius 1 is 0.830 bits per heavy atom. The van der Waals surface area contributed by atoms with Crippen LogP contribution in [0.15, 0.2) is 71.6 Å². The van der Waals surface area contributed by atoms with Crippen LogP contribution in [0.4, 0.5) is 18.0 Å². The highest BCUT2D eigenvalue weighted by Gasteiger charge is 2.35. The first kappa shape index (κ1) is 43.4. The van der Waals surface area contributed by atoms with Gasteiger partial charge in [-0.2, -0.15) is 4.31 Å². The minimum atomic E-state index is -4.25. The van der Waals surface area contributed by atoms with Crippen LogP contribution in [-0.4, -0.2) is 73.3 Å². The van der Waals surface area contributed by atoms with Gasteiger partial charge in [-0.25, -0.2) is 26.4 Å². The van der Waals surface area contributed by atoms with Crippen molar-refractivity contribution in [2.75, 3.05) is 20.3 Å². The minimum absolute atomic E-state index is 0.0396. The molecular weight excluding hydrogens is 712 g/mol. The van der Waals surface area contributed by atoms with E-state index in [1.54, 1.807) is 0 Å². The molecule has 0 bridgehead atoms. The molecule has 10 nitrogen and oxygen atoms in total. The number of amides is 2. The van der Waals surface area contributed by atoms with Crippen LogP contribution >= 0.6 is 0 Å². The van der Waals surface area contributed by atoms with E-state index in [9.17, 15) is 41.4 Å². The number of rotatable bonds is 21. The van der Waals surface area contributed by atoms with Gasteiger partial charge in [-0.15, -0.1) is 0 Å². The third-order valence-electron chi connectivity index (χ3n) is 9.22. The molecule has 0 fully saturated rings. The quantitative estimate of drug-likeness (QED) is 0.0984. The fourth-order valence-corrected chi connectivity index (χ4v) is 7.87. The third-order valence-corrected chi connectivity index (χ3v) is 11.2. The summed E-state index contributed by atoms with van der Waals surface area (Å²) < 4.78 is 76.2. The van der Waals surface area contributed by atoms with Crippen LogP contribution in [0.5, 0.6) is 0 Å². The van der Waals surface area contributed by atoms with Crippen LogP contribution < -0.4 is 10.6 Å². The number of nitrogens with one attached hydrogen (secondary N) is 2. The third kappa shape index (κ3) is 12.5. The number of aliphatic hydroxyl groups excluding tert-OH is 2. The first-order valence-corrected chi connectivity index (χ1v) is 19.4. The van der Waals surface area contributed by atoms with E-state index in [0.29, 0.717) is 36.8 Å². The van der Waals surface area contributed by atoms with Crippen molar-refractivity contribution in [3.63, 3.8) is 0 Å². The predicted molar refractivity (Wildman–Crippen MR) is 196 cm³/mol. The number of aliphatic hydroxyl groups is 2. The molecular formula is C39H52F3N3O7S. The van der Waals surface area contributed by atoms with E-state index < -0.39 is 76.7 Å². The number of nitrogens with zero attached hydrogens (tertiary/aromatic N) is 1. The van der Waals surface area contributed by atoms with Crippen LogP contribution in [0.25, 0.3) is 0 Å². The van der Waals surface area contributed by atoms with E-state index in [-0.39, 0.29) is 29.3 Å². The predicted octanol–water partition coefficient (Wildman–Crippen LogP) is 6.40. The van der Waals surface area contributed by atoms with Crippen molar-refractivity contribution in [2.45, 2.75) is 101 Å². The van der Waals surface area contributed by atoms with Crippen molar-refractivity contribution in [1.82, 2.24) is 14.9 Å². The molecule has 3 rings (SSSR count). The number of benzene rings is 3. The second-order valence-corrected chi connectivity index (χ2v) is 15.4. The summed E-state index contributed by atoms with van der Waals surface area (Å²) >= 11 is 0. The average molecular weight is 764 g/mol. The molecule has 0 aromatic heterocycles. The zero-order chi connectivity index (χ0) is 39.1. The Balaban J connectivity index is 1.89. The van der Waals surface area contributed by atoms with Gasteiger partial charge >= 0.3 is 6.09 Å². The monoisotopic (exact) mass is 763 g/mol. The molecule has 0 saturated carbocycles. The molecule has 3 aromatic carbocycles. The van der Waals surface area contributed by atoms with Gasteiger partial charge in [0.05, 0.1) is 25.2 Å². The van der Waals surface area contributed by atoms with Gasteiger partial charge in [0.1, 0.15) is 23.5 Å². The summed E-state index contributed by atoms with van der Waals surface area (Å²) in [5.74, 6) is -3.16. The molecule has 0 aliphatic heterocycles. The van der Waals surface area contributed by atoms with E-state index in [1.165, 1.54) is 65.0 Å². The van der Waals surface area contributed by atoms with E-state index in [0.717, 1.165) is 26.0 Å². The van der Waals surface area contributed by atoms with Gasteiger partial charge in [-0.05, 0) is 85.5 Å². The van der Waals surface area contributed by atoms with Gasteiger partial charge in [0.15, 0.2) is 0 Å². The summed E-state index contributed by atoms with van der Waals surface area (Å²) in [5, 5.41) is 25.5. The Labute approximate surface area is 310 Å². The van der Waals surface area contributed by atoms with E-state index in [4.69, 9.17) is 4.74 Å². The fourth-order valence-electron chi connectivity index (χ4n) is 6.20. The second kappa shape index (κ2) is 21.0. The van der Waals surface area contributed by atoms with Gasteiger partial charge in [0.2, 0.25) is 15.9 Å². The summed E-state index contributed by atoms with van der Waals surface area (Å²) in [6, 6.07) is 11.7. The molecule has 0 radical (unpaired) electrons. The Bertz CT molecular complexity index is 1660. The van der Waals surface area contributed by atoms with Gasteiger partial charge < -0.3 is 25.6 Å². The number of unbranched alkanes of at least 4 members (excludes halogenated alkanes) is 1. The van der Waals surface area contributed by atoms with E-state index in [2.05, 4.69) is 10.6 Å². The molecule has 0 heterocycles. The van der Waals surface area contributed by atoms with Crippen LogP contribution in [0.2, 0.25) is 0 Å². The smallest absolute Gasteiger partial charge is 0.407 e. The highest BCUT2D eigenvalue weighted by Crippen LogP contribution is 2.30. The molecule has 0 aliphatic carbocycles. The highest BCUT2D eigenvalue weighted by atomic mass is 32.2. The zero-order valence-electron chi connectivity index (χ0n) is 30.7. The summed E-state index contributed by atoms with van der Waals surface area (Å²) in [7, 11) is -3.09. The fraction of sp³-hybridized carbons (Fsp3) is 0.487. The zero-order valence-corrected chi connectivity index (χ0v) is 31.6. The molecule has 14 heteroatoms. The lowest BCUT2D eigenvalue weighted by Gasteiger charge is -2.32. The highest BCUT2D eigenvalue weighted by molar-refractivity contribution is 7.89. The number of methoxy groups -OCH3 is 1. The number of hydrogen-bond donors (Lipinski definition) is 4. The SMILES string of the molecule is CCCC[C@@H](CCC[C@@H](CO)N(CCC(C)C)S(=O)(=O)c1ccc(CO)c(F)c1)NC(=O)[C@@H](NC(=O)OC)C(c1ccc(F)cc1)c1ccc(F)cc1. The first-order valence-electron chi connectivity index (χ1n) is 17.9. The van der Waals surface area contributed by atoms with Gasteiger partial charge in [-0.3, -0.25) is 4.79 Å². The largest absolute Gasteiger partial charge is 0.453 e. The number of hydrogen-bond acceptors (Lipinski definition) is 7. The Hall–Kier alpha value is -3.98. The molecule has 0 spiro atoms. The van der Waals surface area contributed by atoms with Crippen molar-refractivity contribution in [3.8, 4) is 0 Å². The number of sulfonamides is 1. The van der Waals surface area contributed by atoms with E-state index >= 15 is 0 Å². The van der Waals surface area contributed by atoms with E-state index in [1.807, 2.05) is 20.8 Å². The minimum Gasteiger partial charge on any atom is -0.453 e. The van der Waals surface area contributed by atoms with Crippen LogP contribution in [-0.2, 0) is 26.2 Å². The maximum atomic E-state index is 14.6. The number of alkyl carbamates (subject to hydrolysis) is 1. The number of carbonyl (C=O) groups is 2. The van der Waals surface area contributed by atoms with Crippen LogP contribution in [0.1, 0.15) is 88.3 Å². The number of ether oxygens (including phenoxy) is 1. The molecule has 0 aliphatic rings. The van der Waals surface area contributed by atoms with Crippen molar-refractivity contribution in [3.05, 3.63) is 101 Å². The van der Waals surface area contributed by atoms with Gasteiger partial charge in [-0.1, -0.05) is 63.9 Å². The summed E-state index contributed by atoms with van der Waals surface area (Å²) in [4.78, 5) is 26.5. The lowest BCUT2D eigenvalue weighted by atomic mass is 9.84. The summed E-state index contributed by atoms with van der Waals surface area (Å²) in [6.07, 6.45) is 2.72. The normalized spacial score (nSPS) is 13.6. The first-order chi connectivity index (χ1) is 25.2. The molecule has 3 atom stereocenters. The molecule has 4 N–H and O–H groups in total. The van der Waals surface area contributed by atoms with Crippen molar-refractivity contribution >= 4 is 22.0 Å². The molecule has 2 amide bonds. The molecule has 0 saturated heterocycles. The Morgan fingerprint density at radius 2 is 1.42 bits per heavy atom. The molecule has 0 unspecified atom stereocenters. The average Bonchev–Trinajstić information content (AvgIpc) is 3.13. The van der Waals surface area contributed by atoms with Crippen molar-refractivity contribution in [2.24, 2.45) is 5.92 Å². The van der Waals surface area contributed by atoms with Crippen LogP contribution in [0.3, 0.4) is 0 Å². The molecule has 292 valence electrons. The molecule has 53 heavy (non-hydrogen) atoms. The Kier molecular flexibility index (Phi) is 17.2. The standard InChI is InChI=1S/C39H52F3N3O7S/c1-5-6-8-32(9-7-10-33(25-47)45(22-21-26(2)3)53(50,51)34-20-15-29(24-46)35(42)23-34)43-38(48)37(44-39(49)52-4)36(27-11-16-30(40)17-12-27)28-13-18-31(41)19-14-28/h11-20,23,26,32-33,36-37,46-47H,5-10,21-22,24-25H2,1-4H3,(H,43,48)(H,44,49)/t32-,33-,37-/m0/s1. The van der Waals surface area contributed by atoms with Gasteiger partial charge in [0, 0.05) is 30.1 Å². The lowest BCUT2D eigenvalue weighted by molar-refractivity contribution is -0.124. The van der Waals surface area contributed by atoms with Crippen LogP contribution in [0, 0.1) is 23.4 Å². The van der Waals surface area contributed by atoms with Gasteiger partial charge in [0.25, 0.3) is 0 Å². The summed E-state index contributed by atoms with van der Waals surface area (Å²) in [5.41, 5.74) is 0.931. The maximum Gasteiger partial charge on any atom is 0.407 e. The Morgan fingerprint density at radius 3 is 1.91 bits per heavy atom. The topological polar surface area (TPSA) is 145 Å². The lowest BCUT2D eigenvalue weighted by Crippen LogP contribution is -2.52. The number of halogens is 3. The van der Waals surface area contributed by atoms with Crippen molar-refractivity contribution < 1.29 is 46.1 Å². The second-order valence-electron chi connectivity index (χ2n) is 13.5. The molecule has 3 aromatic rings. The maximum absolute atomic E-state index is 14.6. The van der Waals surface area contributed by atoms with Crippen molar-refractivity contribution in [1.29, 1.82) is 0 Å².